The Morgan fingerprint density at radius 2 is 2.45 bits per heavy atom. The third-order valence-corrected chi connectivity index (χ3v) is 1.19. The first-order chi connectivity index (χ1) is 5.43. The van der Waals surface area contributed by atoms with Crippen LogP contribution >= 0.6 is 0 Å². The van der Waals surface area contributed by atoms with E-state index in [1.54, 1.807) is 18.6 Å². The van der Waals surface area contributed by atoms with Gasteiger partial charge in [-0.3, -0.25) is 9.97 Å². The minimum Gasteiger partial charge on any atom is -0.316 e. The highest BCUT2D eigenvalue weighted by atomic mass is 14.8. The molecular weight excluding hydrogens is 138 g/mol. The van der Waals surface area contributed by atoms with E-state index in [4.69, 9.17) is 0 Å². The molecule has 0 fully saturated rings. The van der Waals surface area contributed by atoms with E-state index < -0.39 is 0 Å². The van der Waals surface area contributed by atoms with E-state index >= 15 is 0 Å². The van der Waals surface area contributed by atoms with Gasteiger partial charge in [-0.25, -0.2) is 0 Å². The largest absolute Gasteiger partial charge is 0.316 e. The molecule has 11 heavy (non-hydrogen) atoms. The van der Waals surface area contributed by atoms with Gasteiger partial charge in [0.15, 0.2) is 0 Å². The average Bonchev–Trinajstić information content (AvgIpc) is 2.07. The summed E-state index contributed by atoms with van der Waals surface area (Å²) >= 11 is 0. The van der Waals surface area contributed by atoms with E-state index in [1.165, 1.54) is 0 Å². The zero-order chi connectivity index (χ0) is 7.94. The lowest BCUT2D eigenvalue weighted by Crippen LogP contribution is -2.03. The summed E-state index contributed by atoms with van der Waals surface area (Å²) in [6, 6.07) is 0. The Morgan fingerprint density at radius 3 is 3.09 bits per heavy atom. The van der Waals surface area contributed by atoms with Gasteiger partial charge in [-0.2, -0.15) is 0 Å². The highest BCUT2D eigenvalue weighted by Crippen LogP contribution is 1.91. The Morgan fingerprint density at radius 1 is 1.55 bits per heavy atom. The SMILES string of the molecule is CNCC=Cc1cnccn1. The predicted octanol–water partition coefficient (Wildman–Crippen LogP) is 0.709. The number of nitrogens with one attached hydrogen (secondary N) is 1. The molecule has 0 amide bonds. The van der Waals surface area contributed by atoms with Crippen molar-refractivity contribution in [3.8, 4) is 0 Å². The van der Waals surface area contributed by atoms with Gasteiger partial charge < -0.3 is 5.32 Å². The molecule has 1 rings (SSSR count). The number of aromatic nitrogens is 2. The first-order valence-electron chi connectivity index (χ1n) is 3.50. The van der Waals surface area contributed by atoms with Crippen LogP contribution in [0.5, 0.6) is 0 Å². The summed E-state index contributed by atoms with van der Waals surface area (Å²) in [4.78, 5) is 8.00. The van der Waals surface area contributed by atoms with Gasteiger partial charge in [0.1, 0.15) is 0 Å². The summed E-state index contributed by atoms with van der Waals surface area (Å²) in [6.45, 7) is 0.858. The molecule has 0 aliphatic carbocycles. The van der Waals surface area contributed by atoms with Gasteiger partial charge in [0.2, 0.25) is 0 Å². The molecule has 0 saturated heterocycles. The molecule has 0 spiro atoms. The molecule has 58 valence electrons. The van der Waals surface area contributed by atoms with Crippen molar-refractivity contribution in [3.63, 3.8) is 0 Å². The van der Waals surface area contributed by atoms with Crippen LogP contribution in [0.15, 0.2) is 24.7 Å². The molecule has 1 N–H and O–H groups in total. The highest BCUT2D eigenvalue weighted by molar-refractivity contribution is 5.42. The molecule has 0 aromatic carbocycles. The fourth-order valence-electron chi connectivity index (χ4n) is 0.694. The van der Waals surface area contributed by atoms with Gasteiger partial charge in [0, 0.05) is 18.9 Å². The highest BCUT2D eigenvalue weighted by Gasteiger charge is 1.82. The Bertz CT molecular complexity index is 218. The summed E-state index contributed by atoms with van der Waals surface area (Å²) in [5.74, 6) is 0. The van der Waals surface area contributed by atoms with E-state index in [-0.39, 0.29) is 0 Å². The normalized spacial score (nSPS) is 10.6. The van der Waals surface area contributed by atoms with Crippen molar-refractivity contribution in [1.29, 1.82) is 0 Å². The van der Waals surface area contributed by atoms with Crippen LogP contribution in [0.1, 0.15) is 5.69 Å². The molecule has 0 unspecified atom stereocenters. The number of hydrogen-bond donors (Lipinski definition) is 1. The van der Waals surface area contributed by atoms with Crippen molar-refractivity contribution >= 4 is 6.08 Å². The minimum atomic E-state index is 0.858. The monoisotopic (exact) mass is 149 g/mol. The number of hydrogen-bond acceptors (Lipinski definition) is 3. The Hall–Kier alpha value is -1.22. The van der Waals surface area contributed by atoms with Gasteiger partial charge in [-0.1, -0.05) is 6.08 Å². The molecule has 0 bridgehead atoms. The van der Waals surface area contributed by atoms with Crippen LogP contribution in [0.25, 0.3) is 6.08 Å². The Labute approximate surface area is 66.2 Å². The van der Waals surface area contributed by atoms with E-state index in [9.17, 15) is 0 Å². The molecule has 3 nitrogen and oxygen atoms in total. The van der Waals surface area contributed by atoms with E-state index in [1.807, 2.05) is 19.2 Å². The second-order valence-corrected chi connectivity index (χ2v) is 2.09. The maximum Gasteiger partial charge on any atom is 0.0810 e. The van der Waals surface area contributed by atoms with E-state index in [0.29, 0.717) is 0 Å². The molecule has 1 aromatic rings. The van der Waals surface area contributed by atoms with Gasteiger partial charge in [0.05, 0.1) is 11.9 Å². The second kappa shape index (κ2) is 4.57. The lowest BCUT2D eigenvalue weighted by molar-refractivity contribution is 0.922. The van der Waals surface area contributed by atoms with Crippen LogP contribution in [0, 0.1) is 0 Å². The minimum absolute atomic E-state index is 0.858. The van der Waals surface area contributed by atoms with Gasteiger partial charge in [-0.05, 0) is 13.1 Å². The predicted molar refractivity (Wildman–Crippen MR) is 45.0 cm³/mol. The summed E-state index contributed by atoms with van der Waals surface area (Å²) in [6.07, 6.45) is 9.01. The van der Waals surface area contributed by atoms with Crippen molar-refractivity contribution in [2.45, 2.75) is 0 Å². The first-order valence-corrected chi connectivity index (χ1v) is 3.50. The molecule has 1 aromatic heterocycles. The van der Waals surface area contributed by atoms with Crippen molar-refractivity contribution in [2.75, 3.05) is 13.6 Å². The molecule has 0 saturated carbocycles. The molecule has 0 aliphatic rings. The van der Waals surface area contributed by atoms with Gasteiger partial charge >= 0.3 is 0 Å². The van der Waals surface area contributed by atoms with Crippen molar-refractivity contribution in [3.05, 3.63) is 30.4 Å². The summed E-state index contributed by atoms with van der Waals surface area (Å²) < 4.78 is 0. The van der Waals surface area contributed by atoms with Crippen molar-refractivity contribution in [1.82, 2.24) is 15.3 Å². The first kappa shape index (κ1) is 7.88. The third-order valence-electron chi connectivity index (χ3n) is 1.19. The topological polar surface area (TPSA) is 37.8 Å². The van der Waals surface area contributed by atoms with Crippen LogP contribution in [-0.2, 0) is 0 Å². The molecule has 0 radical (unpaired) electrons. The zero-order valence-electron chi connectivity index (χ0n) is 6.49. The van der Waals surface area contributed by atoms with Crippen LogP contribution in [-0.4, -0.2) is 23.6 Å². The molecule has 1 heterocycles. The van der Waals surface area contributed by atoms with Crippen LogP contribution in [0.2, 0.25) is 0 Å². The maximum atomic E-state index is 4.07. The fraction of sp³-hybridized carbons (Fsp3) is 0.250. The van der Waals surface area contributed by atoms with Gasteiger partial charge in [0.25, 0.3) is 0 Å². The zero-order valence-corrected chi connectivity index (χ0v) is 6.49. The van der Waals surface area contributed by atoms with Crippen LogP contribution in [0.3, 0.4) is 0 Å². The summed E-state index contributed by atoms with van der Waals surface area (Å²) in [5, 5.41) is 3.00. The maximum absolute atomic E-state index is 4.07. The Kier molecular flexibility index (Phi) is 3.28. The second-order valence-electron chi connectivity index (χ2n) is 2.09. The molecule has 3 heteroatoms. The number of likely N-dealkylation sites (N-methyl/N-ethyl adjacent to an activating group) is 1. The number of rotatable bonds is 3. The number of nitrogens with zero attached hydrogens (tertiary/aromatic N) is 2. The van der Waals surface area contributed by atoms with Crippen LogP contribution in [0.4, 0.5) is 0 Å². The smallest absolute Gasteiger partial charge is 0.0810 e. The summed E-state index contributed by atoms with van der Waals surface area (Å²) in [5.41, 5.74) is 0.891. The Balaban J connectivity index is 2.50. The van der Waals surface area contributed by atoms with E-state index in [0.717, 1.165) is 12.2 Å². The lowest BCUT2D eigenvalue weighted by atomic mass is 10.4. The fourth-order valence-corrected chi connectivity index (χ4v) is 0.694. The molecule has 0 aliphatic heterocycles. The average molecular weight is 149 g/mol. The van der Waals surface area contributed by atoms with Gasteiger partial charge in [-0.15, -0.1) is 0 Å². The molecule has 0 atom stereocenters. The standard InChI is InChI=1S/C8H11N3/c1-9-4-2-3-8-7-10-5-6-11-8/h2-3,5-7,9H,4H2,1H3. The van der Waals surface area contributed by atoms with E-state index in [2.05, 4.69) is 15.3 Å². The van der Waals surface area contributed by atoms with Crippen molar-refractivity contribution in [2.24, 2.45) is 0 Å². The summed E-state index contributed by atoms with van der Waals surface area (Å²) in [7, 11) is 1.90. The molecular formula is C8H11N3. The third kappa shape index (κ3) is 2.91. The van der Waals surface area contributed by atoms with Crippen molar-refractivity contribution < 1.29 is 0 Å². The quantitative estimate of drug-likeness (QED) is 0.687. The lowest BCUT2D eigenvalue weighted by Gasteiger charge is -1.89. The van der Waals surface area contributed by atoms with Crippen LogP contribution < -0.4 is 5.32 Å².